The lowest BCUT2D eigenvalue weighted by Gasteiger charge is -2.07. The van der Waals surface area contributed by atoms with Gasteiger partial charge >= 0.3 is 5.97 Å². The van der Waals surface area contributed by atoms with Crippen molar-refractivity contribution in [2.45, 2.75) is 17.7 Å². The van der Waals surface area contributed by atoms with Crippen LogP contribution < -0.4 is 5.32 Å². The Bertz CT molecular complexity index is 584. The third kappa shape index (κ3) is 3.98. The maximum absolute atomic E-state index is 11.1. The molecule has 0 aliphatic rings. The summed E-state index contributed by atoms with van der Waals surface area (Å²) >= 11 is 3.23. The van der Waals surface area contributed by atoms with E-state index >= 15 is 0 Å². The number of thiazole rings is 1. The number of hydrogen-bond acceptors (Lipinski definition) is 6. The first-order valence-electron chi connectivity index (χ1n) is 6.14. The molecule has 20 heavy (non-hydrogen) atoms. The third-order valence-electron chi connectivity index (χ3n) is 2.71. The molecular formula is C14H16N2O2S2. The number of benzene rings is 1. The highest BCUT2D eigenvalue weighted by Gasteiger charge is 2.07. The Morgan fingerprint density at radius 1 is 1.45 bits per heavy atom. The van der Waals surface area contributed by atoms with Crippen molar-refractivity contribution < 1.29 is 9.53 Å². The summed E-state index contributed by atoms with van der Waals surface area (Å²) in [6.07, 6.45) is 3.01. The van der Waals surface area contributed by atoms with Gasteiger partial charge in [0, 0.05) is 16.7 Å². The van der Waals surface area contributed by atoms with Crippen molar-refractivity contribution in [3.8, 4) is 0 Å². The number of carbonyl (C=O) groups is 1. The number of rotatable bonds is 6. The molecule has 1 aromatic carbocycles. The maximum Gasteiger partial charge on any atom is 0.305 e. The van der Waals surface area contributed by atoms with Gasteiger partial charge in [-0.25, -0.2) is 4.98 Å². The Kier molecular flexibility index (Phi) is 5.43. The summed E-state index contributed by atoms with van der Waals surface area (Å²) in [5.74, 6) is -0.208. The van der Waals surface area contributed by atoms with E-state index in [2.05, 4.69) is 21.1 Å². The van der Waals surface area contributed by atoms with Gasteiger partial charge in [-0.2, -0.15) is 0 Å². The van der Waals surface area contributed by atoms with Crippen LogP contribution in [0.25, 0.3) is 0 Å². The van der Waals surface area contributed by atoms with E-state index in [0.717, 1.165) is 16.5 Å². The van der Waals surface area contributed by atoms with Crippen LogP contribution in [0.3, 0.4) is 0 Å². The number of nitrogens with one attached hydrogen (secondary N) is 1. The van der Waals surface area contributed by atoms with E-state index in [1.165, 1.54) is 23.3 Å². The fourth-order valence-electron chi connectivity index (χ4n) is 1.67. The van der Waals surface area contributed by atoms with Gasteiger partial charge in [-0.1, -0.05) is 12.1 Å². The zero-order chi connectivity index (χ0) is 14.4. The highest BCUT2D eigenvalue weighted by molar-refractivity contribution is 7.98. The summed E-state index contributed by atoms with van der Waals surface area (Å²) in [6.45, 7) is 0. The van der Waals surface area contributed by atoms with Gasteiger partial charge in [-0.05, 0) is 18.4 Å². The second kappa shape index (κ2) is 7.31. The molecule has 0 aliphatic heterocycles. The number of hydrogen-bond donors (Lipinski definition) is 1. The van der Waals surface area contributed by atoms with Gasteiger partial charge in [0.2, 0.25) is 0 Å². The number of carbonyl (C=O) groups excluding carboxylic acids is 1. The second-order valence-corrected chi connectivity index (χ2v) is 5.75. The van der Waals surface area contributed by atoms with Crippen molar-refractivity contribution in [1.82, 2.24) is 4.98 Å². The minimum atomic E-state index is -0.208. The lowest BCUT2D eigenvalue weighted by atomic mass is 10.2. The fraction of sp³-hybridized carbons (Fsp3) is 0.286. The molecule has 0 amide bonds. The summed E-state index contributed by atoms with van der Waals surface area (Å²) in [6, 6.07) is 8.11. The van der Waals surface area contributed by atoms with Gasteiger partial charge in [-0.3, -0.25) is 4.79 Å². The van der Waals surface area contributed by atoms with Crippen molar-refractivity contribution in [2.75, 3.05) is 18.7 Å². The van der Waals surface area contributed by atoms with Crippen LogP contribution in [-0.2, 0) is 16.0 Å². The highest BCUT2D eigenvalue weighted by Crippen LogP contribution is 2.29. The molecule has 2 rings (SSSR count). The van der Waals surface area contributed by atoms with Gasteiger partial charge in [0.05, 0.1) is 24.9 Å². The number of esters is 1. The van der Waals surface area contributed by atoms with Gasteiger partial charge in [0.15, 0.2) is 5.13 Å². The maximum atomic E-state index is 11.1. The lowest BCUT2D eigenvalue weighted by molar-refractivity contribution is -0.140. The molecule has 1 aromatic heterocycles. The normalized spacial score (nSPS) is 10.3. The van der Waals surface area contributed by atoms with Crippen LogP contribution in [0.1, 0.15) is 12.1 Å². The molecular weight excluding hydrogens is 292 g/mol. The Hall–Kier alpha value is -1.53. The monoisotopic (exact) mass is 308 g/mol. The Labute approximate surface area is 126 Å². The smallest absolute Gasteiger partial charge is 0.305 e. The van der Waals surface area contributed by atoms with Crippen molar-refractivity contribution >= 4 is 39.9 Å². The van der Waals surface area contributed by atoms with E-state index in [4.69, 9.17) is 0 Å². The van der Waals surface area contributed by atoms with Gasteiger partial charge in [0.25, 0.3) is 0 Å². The number of para-hydroxylation sites is 1. The van der Waals surface area contributed by atoms with E-state index in [-0.39, 0.29) is 5.97 Å². The predicted octanol–water partition coefficient (Wildman–Crippen LogP) is 3.71. The Morgan fingerprint density at radius 3 is 3.00 bits per heavy atom. The summed E-state index contributed by atoms with van der Waals surface area (Å²) in [7, 11) is 1.40. The molecule has 2 aromatic rings. The minimum Gasteiger partial charge on any atom is -0.469 e. The topological polar surface area (TPSA) is 51.2 Å². The van der Waals surface area contributed by atoms with Crippen LogP contribution in [0.2, 0.25) is 0 Å². The van der Waals surface area contributed by atoms with Crippen LogP contribution in [0.15, 0.2) is 34.5 Å². The van der Waals surface area contributed by atoms with Gasteiger partial charge in [-0.15, -0.1) is 23.1 Å². The van der Waals surface area contributed by atoms with E-state index < -0.39 is 0 Å². The number of anilines is 2. The van der Waals surface area contributed by atoms with E-state index in [1.807, 2.05) is 29.8 Å². The number of nitrogens with zero attached hydrogens (tertiary/aromatic N) is 1. The molecule has 1 N–H and O–H groups in total. The number of ether oxygens (including phenoxy) is 1. The highest BCUT2D eigenvalue weighted by atomic mass is 32.2. The van der Waals surface area contributed by atoms with E-state index in [9.17, 15) is 4.79 Å². The first-order valence-corrected chi connectivity index (χ1v) is 8.24. The number of thioether (sulfide) groups is 1. The quantitative estimate of drug-likeness (QED) is 0.651. The molecule has 106 valence electrons. The number of methoxy groups -OCH3 is 1. The van der Waals surface area contributed by atoms with Gasteiger partial charge < -0.3 is 10.1 Å². The SMILES string of the molecule is COC(=O)CCc1csc(Nc2ccccc2SC)n1. The van der Waals surface area contributed by atoms with Crippen LogP contribution in [0, 0.1) is 0 Å². The molecule has 6 heteroatoms. The molecule has 1 heterocycles. The standard InChI is InChI=1S/C14H16N2O2S2/c1-18-13(17)8-7-10-9-20-14(15-10)16-11-5-3-4-6-12(11)19-2/h3-6,9H,7-8H2,1-2H3,(H,15,16). The van der Waals surface area contributed by atoms with Crippen LogP contribution in [-0.4, -0.2) is 24.3 Å². The molecule has 0 atom stereocenters. The summed E-state index contributed by atoms with van der Waals surface area (Å²) < 4.78 is 4.62. The molecule has 0 unspecified atom stereocenters. The Balaban J connectivity index is 2.00. The van der Waals surface area contributed by atoms with E-state index in [0.29, 0.717) is 12.8 Å². The third-order valence-corrected chi connectivity index (χ3v) is 4.32. The van der Waals surface area contributed by atoms with Crippen molar-refractivity contribution in [1.29, 1.82) is 0 Å². The first kappa shape index (κ1) is 14.9. The minimum absolute atomic E-state index is 0.208. The molecule has 0 saturated carbocycles. The molecule has 0 saturated heterocycles. The predicted molar refractivity (Wildman–Crippen MR) is 84.0 cm³/mol. The van der Waals surface area contributed by atoms with Gasteiger partial charge in [0.1, 0.15) is 0 Å². The average Bonchev–Trinajstić information content (AvgIpc) is 2.93. The molecule has 0 aliphatic carbocycles. The summed E-state index contributed by atoms with van der Waals surface area (Å²) in [5, 5.41) is 6.12. The van der Waals surface area contributed by atoms with Crippen molar-refractivity contribution in [2.24, 2.45) is 0 Å². The van der Waals surface area contributed by atoms with Crippen LogP contribution >= 0.6 is 23.1 Å². The van der Waals surface area contributed by atoms with E-state index in [1.54, 1.807) is 11.8 Å². The average molecular weight is 308 g/mol. The molecule has 4 nitrogen and oxygen atoms in total. The van der Waals surface area contributed by atoms with Crippen molar-refractivity contribution in [3.63, 3.8) is 0 Å². The zero-order valence-electron chi connectivity index (χ0n) is 11.4. The molecule has 0 spiro atoms. The second-order valence-electron chi connectivity index (χ2n) is 4.05. The summed E-state index contributed by atoms with van der Waals surface area (Å²) in [5.41, 5.74) is 1.96. The molecule has 0 fully saturated rings. The fourth-order valence-corrected chi connectivity index (χ4v) is 2.99. The number of aromatic nitrogens is 1. The summed E-state index contributed by atoms with van der Waals surface area (Å²) in [4.78, 5) is 16.8. The molecule has 0 radical (unpaired) electrons. The first-order chi connectivity index (χ1) is 9.72. The largest absolute Gasteiger partial charge is 0.469 e. The number of aryl methyl sites for hydroxylation is 1. The van der Waals surface area contributed by atoms with Crippen LogP contribution in [0.5, 0.6) is 0 Å². The lowest BCUT2D eigenvalue weighted by Crippen LogP contribution is -2.02. The molecule has 0 bridgehead atoms. The zero-order valence-corrected chi connectivity index (χ0v) is 13.0. The van der Waals surface area contributed by atoms with Crippen LogP contribution in [0.4, 0.5) is 10.8 Å². The van der Waals surface area contributed by atoms with Crippen molar-refractivity contribution in [3.05, 3.63) is 35.3 Å². The Morgan fingerprint density at radius 2 is 2.25 bits per heavy atom.